The minimum atomic E-state index is -0.960. The van der Waals surface area contributed by atoms with Gasteiger partial charge in [-0.1, -0.05) is 42.5 Å². The molecule has 9 heteroatoms. The Morgan fingerprint density at radius 2 is 1.52 bits per heavy atom. The number of aromatic nitrogens is 1. The zero-order valence-electron chi connectivity index (χ0n) is 22.4. The number of halogens is 2. The molecule has 2 N–H and O–H groups in total. The van der Waals surface area contributed by atoms with Crippen LogP contribution in [0.1, 0.15) is 37.5 Å². The van der Waals surface area contributed by atoms with Gasteiger partial charge in [-0.05, 0) is 129 Å². The Morgan fingerprint density at radius 3 is 2.17 bits per heavy atom. The number of nitrogens with zero attached hydrogens (tertiary/aromatic N) is 2. The number of carbonyl (C=O) groups is 2. The van der Waals surface area contributed by atoms with Crippen LogP contribution in [0.15, 0.2) is 108 Å². The molecule has 210 valence electrons. The second-order valence-electron chi connectivity index (χ2n) is 9.41. The van der Waals surface area contributed by atoms with E-state index in [-0.39, 0.29) is 11.5 Å². The first-order chi connectivity index (χ1) is 20.3. The molecule has 7 nitrogen and oxygen atoms in total. The molecule has 0 spiro atoms. The first kappa shape index (κ1) is 29.5. The summed E-state index contributed by atoms with van der Waals surface area (Å²) >= 11 is 4.40. The maximum absolute atomic E-state index is 12.8. The van der Waals surface area contributed by atoms with Crippen molar-refractivity contribution in [2.24, 2.45) is 5.10 Å². The van der Waals surface area contributed by atoms with Crippen molar-refractivity contribution in [3.8, 4) is 22.7 Å². The van der Waals surface area contributed by atoms with Crippen molar-refractivity contribution in [2.45, 2.75) is 13.5 Å². The van der Waals surface area contributed by atoms with Crippen molar-refractivity contribution in [1.29, 1.82) is 0 Å². The highest BCUT2D eigenvalue weighted by molar-refractivity contribution is 14.1. The van der Waals surface area contributed by atoms with E-state index in [1.54, 1.807) is 42.6 Å². The molecule has 0 bridgehead atoms. The number of amides is 1. The summed E-state index contributed by atoms with van der Waals surface area (Å²) in [6.07, 6.45) is 1.60. The van der Waals surface area contributed by atoms with Crippen molar-refractivity contribution in [3.63, 3.8) is 0 Å². The lowest BCUT2D eigenvalue weighted by molar-refractivity contribution is 0.0696. The zero-order valence-corrected chi connectivity index (χ0v) is 26.7. The van der Waals surface area contributed by atoms with Crippen molar-refractivity contribution in [2.75, 3.05) is 0 Å². The Kier molecular flexibility index (Phi) is 9.38. The number of hydrogen-bond acceptors (Lipinski definition) is 4. The first-order valence-electron chi connectivity index (χ1n) is 12.9. The third-order valence-corrected chi connectivity index (χ3v) is 8.12. The van der Waals surface area contributed by atoms with Gasteiger partial charge in [0, 0.05) is 16.9 Å². The lowest BCUT2D eigenvalue weighted by Gasteiger charge is -2.13. The highest BCUT2D eigenvalue weighted by Crippen LogP contribution is 2.30. The van der Waals surface area contributed by atoms with E-state index in [0.29, 0.717) is 12.2 Å². The normalized spacial score (nSPS) is 11.0. The van der Waals surface area contributed by atoms with Crippen LogP contribution in [0.5, 0.6) is 5.75 Å². The lowest BCUT2D eigenvalue weighted by atomic mass is 10.1. The fourth-order valence-electron chi connectivity index (χ4n) is 4.40. The molecule has 0 unspecified atom stereocenters. The minimum Gasteiger partial charge on any atom is -0.487 e. The summed E-state index contributed by atoms with van der Waals surface area (Å²) in [5, 5.41) is 13.2. The number of carboxylic acid groups (broad SMARTS) is 1. The molecular formula is C33H25I2N3O4. The topological polar surface area (TPSA) is 92.9 Å². The van der Waals surface area contributed by atoms with Crippen LogP contribution >= 0.6 is 45.2 Å². The maximum atomic E-state index is 12.8. The van der Waals surface area contributed by atoms with Gasteiger partial charge >= 0.3 is 5.97 Å². The number of aromatic carboxylic acids is 1. The number of rotatable bonds is 9. The molecule has 1 amide bonds. The van der Waals surface area contributed by atoms with Crippen LogP contribution in [0.3, 0.4) is 0 Å². The van der Waals surface area contributed by atoms with Crippen molar-refractivity contribution in [3.05, 3.63) is 138 Å². The fraction of sp³-hybridized carbons (Fsp3) is 0.0606. The van der Waals surface area contributed by atoms with Crippen LogP contribution in [0.4, 0.5) is 0 Å². The first-order valence-corrected chi connectivity index (χ1v) is 15.1. The number of nitrogens with one attached hydrogen (secondary N) is 1. The second kappa shape index (κ2) is 13.3. The Hall–Kier alpha value is -3.97. The van der Waals surface area contributed by atoms with E-state index < -0.39 is 5.97 Å². The van der Waals surface area contributed by atoms with E-state index in [1.807, 2.05) is 42.5 Å². The molecule has 0 radical (unpaired) electrons. The molecule has 0 saturated heterocycles. The number of ether oxygens (including phenoxy) is 1. The van der Waals surface area contributed by atoms with Crippen LogP contribution in [0, 0.1) is 14.1 Å². The second-order valence-corrected chi connectivity index (χ2v) is 11.7. The van der Waals surface area contributed by atoms with E-state index in [9.17, 15) is 9.59 Å². The SMILES string of the molecule is Cc1ccc(-c2ccccc2)n1-c1ccc(C(=O)N/N=C/c2cc(I)c(OCc3ccc(C(=O)O)cc3)c(I)c2)cc1. The van der Waals surface area contributed by atoms with Gasteiger partial charge in [0.25, 0.3) is 5.91 Å². The molecule has 42 heavy (non-hydrogen) atoms. The smallest absolute Gasteiger partial charge is 0.335 e. The van der Waals surface area contributed by atoms with Gasteiger partial charge in [-0.25, -0.2) is 10.2 Å². The van der Waals surface area contributed by atoms with Crippen molar-refractivity contribution in [1.82, 2.24) is 9.99 Å². The zero-order chi connectivity index (χ0) is 29.6. The number of aryl methyl sites for hydroxylation is 1. The average Bonchev–Trinajstić information content (AvgIpc) is 3.38. The van der Waals surface area contributed by atoms with Gasteiger partial charge in [-0.15, -0.1) is 0 Å². The molecule has 5 rings (SSSR count). The van der Waals surface area contributed by atoms with E-state index in [4.69, 9.17) is 9.84 Å². The molecule has 1 aromatic heterocycles. The van der Waals surface area contributed by atoms with Gasteiger partial charge in [-0.3, -0.25) is 4.79 Å². The number of hydrazone groups is 1. The van der Waals surface area contributed by atoms with Gasteiger partial charge in [0.2, 0.25) is 0 Å². The maximum Gasteiger partial charge on any atom is 0.335 e. The van der Waals surface area contributed by atoms with Crippen LogP contribution in [-0.4, -0.2) is 27.8 Å². The third kappa shape index (κ3) is 6.90. The number of benzene rings is 4. The highest BCUT2D eigenvalue weighted by Gasteiger charge is 2.12. The summed E-state index contributed by atoms with van der Waals surface area (Å²) in [7, 11) is 0. The van der Waals surface area contributed by atoms with E-state index >= 15 is 0 Å². The summed E-state index contributed by atoms with van der Waals surface area (Å²) in [5.74, 6) is -0.532. The monoisotopic (exact) mass is 781 g/mol. The Bertz CT molecular complexity index is 1740. The van der Waals surface area contributed by atoms with Crippen LogP contribution in [0.2, 0.25) is 0 Å². The Morgan fingerprint density at radius 1 is 0.881 bits per heavy atom. The predicted molar refractivity (Wildman–Crippen MR) is 181 cm³/mol. The summed E-state index contributed by atoms with van der Waals surface area (Å²) in [6, 6.07) is 32.3. The molecular weight excluding hydrogens is 756 g/mol. The molecule has 0 fully saturated rings. The summed E-state index contributed by atoms with van der Waals surface area (Å²) < 4.78 is 9.95. The molecule has 0 aliphatic heterocycles. The fourth-order valence-corrected chi connectivity index (χ4v) is 6.53. The van der Waals surface area contributed by atoms with Crippen LogP contribution < -0.4 is 10.2 Å². The molecule has 0 aliphatic carbocycles. The van der Waals surface area contributed by atoms with E-state index in [2.05, 4.69) is 91.5 Å². The van der Waals surface area contributed by atoms with Gasteiger partial charge in [0.1, 0.15) is 12.4 Å². The quantitative estimate of drug-likeness (QED) is 0.0912. The average molecular weight is 781 g/mol. The number of carboxylic acids is 1. The minimum absolute atomic E-state index is 0.236. The number of carbonyl (C=O) groups excluding carboxylic acids is 1. The molecule has 0 aliphatic rings. The standard InChI is InChI=1S/C33H25I2N3O4/c1-21-7-16-30(24-5-3-2-4-6-24)38(21)27-14-12-25(13-15-27)32(39)37-36-19-23-17-28(34)31(29(35)18-23)42-20-22-8-10-26(11-9-22)33(40)41/h2-19H,20H2,1H3,(H,37,39)(H,40,41)/b36-19+. The Balaban J connectivity index is 1.21. The van der Waals surface area contributed by atoms with Crippen molar-refractivity contribution < 1.29 is 19.4 Å². The Labute approximate surface area is 270 Å². The largest absolute Gasteiger partial charge is 0.487 e. The summed E-state index contributed by atoms with van der Waals surface area (Å²) in [4.78, 5) is 23.8. The number of hydrogen-bond donors (Lipinski definition) is 2. The molecule has 0 saturated carbocycles. The summed E-state index contributed by atoms with van der Waals surface area (Å²) in [5.41, 5.74) is 9.32. The van der Waals surface area contributed by atoms with Gasteiger partial charge in [0.15, 0.2) is 0 Å². The van der Waals surface area contributed by atoms with Gasteiger partial charge in [0.05, 0.1) is 24.6 Å². The van der Waals surface area contributed by atoms with Gasteiger partial charge in [-0.2, -0.15) is 5.10 Å². The van der Waals surface area contributed by atoms with Crippen LogP contribution in [0.25, 0.3) is 16.9 Å². The summed E-state index contributed by atoms with van der Waals surface area (Å²) in [6.45, 7) is 2.37. The van der Waals surface area contributed by atoms with Gasteiger partial charge < -0.3 is 14.4 Å². The molecule has 1 heterocycles. The molecule has 4 aromatic carbocycles. The van der Waals surface area contributed by atoms with Crippen molar-refractivity contribution >= 4 is 63.3 Å². The van der Waals surface area contributed by atoms with Crippen LogP contribution in [-0.2, 0) is 6.61 Å². The molecule has 0 atom stereocenters. The lowest BCUT2D eigenvalue weighted by Crippen LogP contribution is -2.17. The third-order valence-electron chi connectivity index (χ3n) is 6.52. The van der Waals surface area contributed by atoms with E-state index in [0.717, 1.165) is 46.7 Å². The highest BCUT2D eigenvalue weighted by atomic mass is 127. The van der Waals surface area contributed by atoms with E-state index in [1.165, 1.54) is 0 Å². The predicted octanol–water partition coefficient (Wildman–Crippen LogP) is 7.70. The molecule has 5 aromatic rings.